The van der Waals surface area contributed by atoms with Crippen molar-refractivity contribution in [3.63, 3.8) is 0 Å². The van der Waals surface area contributed by atoms with Crippen molar-refractivity contribution >= 4 is 10.8 Å². The van der Waals surface area contributed by atoms with Gasteiger partial charge in [-0.1, -0.05) is 48.5 Å². The molecule has 0 saturated heterocycles. The fourth-order valence-electron chi connectivity index (χ4n) is 2.03. The summed E-state index contributed by atoms with van der Waals surface area (Å²) in [5.74, 6) is 1.20. The zero-order valence-corrected chi connectivity index (χ0v) is 12.0. The fraction of sp³-hybridized carbons (Fsp3) is 0.250. The number of hydrogen-bond acceptors (Lipinski definition) is 2. The van der Waals surface area contributed by atoms with Crippen molar-refractivity contribution < 1.29 is 4.21 Å². The minimum Gasteiger partial charge on any atom is -0.326 e. The first kappa shape index (κ1) is 14.0. The van der Waals surface area contributed by atoms with Gasteiger partial charge in [0, 0.05) is 28.9 Å². The lowest BCUT2D eigenvalue weighted by atomic mass is 10.1. The lowest BCUT2D eigenvalue weighted by Gasteiger charge is -2.07. The summed E-state index contributed by atoms with van der Waals surface area (Å²) < 4.78 is 12.2. The Kier molecular flexibility index (Phi) is 4.88. The molecule has 0 heterocycles. The van der Waals surface area contributed by atoms with E-state index in [1.807, 2.05) is 42.5 Å². The number of nitrogens with two attached hydrogens (primary N) is 1. The highest BCUT2D eigenvalue weighted by Crippen LogP contribution is 2.13. The Hall–Kier alpha value is -1.45. The molecule has 0 saturated carbocycles. The van der Waals surface area contributed by atoms with Crippen LogP contribution in [0.15, 0.2) is 48.5 Å². The average molecular weight is 273 g/mol. The van der Waals surface area contributed by atoms with Crippen LogP contribution in [0.25, 0.3) is 0 Å². The summed E-state index contributed by atoms with van der Waals surface area (Å²) in [7, 11) is -0.883. The van der Waals surface area contributed by atoms with E-state index in [4.69, 9.17) is 5.73 Å². The summed E-state index contributed by atoms with van der Waals surface area (Å²) in [4.78, 5) is 0. The molecule has 0 bridgehead atoms. The molecule has 0 spiro atoms. The standard InChI is InChI=1S/C16H19NOS/c1-13-5-2-3-8-16(13)12-19(18)11-15-7-4-6-14(9-15)10-17/h2-9H,10-12,17H2,1H3. The fourth-order valence-corrected chi connectivity index (χ4v) is 3.35. The second-order valence-corrected chi connectivity index (χ2v) is 6.14. The van der Waals surface area contributed by atoms with Crippen molar-refractivity contribution in [3.8, 4) is 0 Å². The Bertz CT molecular complexity index is 580. The molecular weight excluding hydrogens is 254 g/mol. The van der Waals surface area contributed by atoms with Crippen LogP contribution >= 0.6 is 0 Å². The van der Waals surface area contributed by atoms with Gasteiger partial charge in [0.05, 0.1) is 0 Å². The number of aryl methyl sites for hydroxylation is 1. The van der Waals surface area contributed by atoms with E-state index >= 15 is 0 Å². The molecule has 2 nitrogen and oxygen atoms in total. The Morgan fingerprint density at radius 2 is 1.74 bits per heavy atom. The van der Waals surface area contributed by atoms with E-state index < -0.39 is 10.8 Å². The predicted molar refractivity (Wildman–Crippen MR) is 81.1 cm³/mol. The Labute approximate surface area is 117 Å². The highest BCUT2D eigenvalue weighted by Gasteiger charge is 2.05. The lowest BCUT2D eigenvalue weighted by Crippen LogP contribution is -2.02. The van der Waals surface area contributed by atoms with Crippen LogP contribution in [0, 0.1) is 6.92 Å². The van der Waals surface area contributed by atoms with E-state index in [1.165, 1.54) is 5.56 Å². The third-order valence-corrected chi connectivity index (χ3v) is 4.42. The van der Waals surface area contributed by atoms with Crippen molar-refractivity contribution in [2.75, 3.05) is 0 Å². The maximum Gasteiger partial charge on any atom is 0.0491 e. The summed E-state index contributed by atoms with van der Waals surface area (Å²) in [6.45, 7) is 2.58. The molecular formula is C16H19NOS. The average Bonchev–Trinajstić information content (AvgIpc) is 2.41. The minimum absolute atomic E-state index is 0.526. The van der Waals surface area contributed by atoms with E-state index in [0.29, 0.717) is 18.1 Å². The topological polar surface area (TPSA) is 43.1 Å². The van der Waals surface area contributed by atoms with Crippen LogP contribution in [0.1, 0.15) is 22.3 Å². The quantitative estimate of drug-likeness (QED) is 0.910. The van der Waals surface area contributed by atoms with E-state index in [2.05, 4.69) is 13.0 Å². The maximum atomic E-state index is 12.2. The van der Waals surface area contributed by atoms with Crippen molar-refractivity contribution in [3.05, 3.63) is 70.8 Å². The Morgan fingerprint density at radius 3 is 2.47 bits per heavy atom. The van der Waals surface area contributed by atoms with Crippen LogP contribution in [0.5, 0.6) is 0 Å². The van der Waals surface area contributed by atoms with Crippen molar-refractivity contribution in [1.29, 1.82) is 0 Å². The van der Waals surface area contributed by atoms with E-state index in [1.54, 1.807) is 0 Å². The van der Waals surface area contributed by atoms with Crippen LogP contribution in [0.4, 0.5) is 0 Å². The molecule has 19 heavy (non-hydrogen) atoms. The van der Waals surface area contributed by atoms with Gasteiger partial charge in [-0.3, -0.25) is 4.21 Å². The summed E-state index contributed by atoms with van der Waals surface area (Å²) in [5, 5.41) is 0. The smallest absolute Gasteiger partial charge is 0.0491 e. The van der Waals surface area contributed by atoms with Crippen LogP contribution in [0.2, 0.25) is 0 Å². The Morgan fingerprint density at radius 1 is 1.00 bits per heavy atom. The van der Waals surface area contributed by atoms with E-state index in [-0.39, 0.29) is 0 Å². The first-order chi connectivity index (χ1) is 9.19. The largest absolute Gasteiger partial charge is 0.326 e. The van der Waals surface area contributed by atoms with Crippen molar-refractivity contribution in [2.24, 2.45) is 5.73 Å². The van der Waals surface area contributed by atoms with Gasteiger partial charge in [-0.2, -0.15) is 0 Å². The van der Waals surface area contributed by atoms with Gasteiger partial charge in [0.25, 0.3) is 0 Å². The van der Waals surface area contributed by atoms with Crippen LogP contribution in [-0.4, -0.2) is 4.21 Å². The lowest BCUT2D eigenvalue weighted by molar-refractivity contribution is 0.682. The Balaban J connectivity index is 2.03. The second-order valence-electron chi connectivity index (χ2n) is 4.68. The molecule has 1 unspecified atom stereocenters. The highest BCUT2D eigenvalue weighted by atomic mass is 32.2. The van der Waals surface area contributed by atoms with Crippen molar-refractivity contribution in [2.45, 2.75) is 25.0 Å². The first-order valence-electron chi connectivity index (χ1n) is 6.36. The predicted octanol–water partition coefficient (Wildman–Crippen LogP) is 2.90. The van der Waals surface area contributed by atoms with Gasteiger partial charge in [0.2, 0.25) is 0 Å². The van der Waals surface area contributed by atoms with Crippen LogP contribution in [-0.2, 0) is 28.9 Å². The molecule has 2 N–H and O–H groups in total. The summed E-state index contributed by atoms with van der Waals surface area (Å²) in [6.07, 6.45) is 0. The van der Waals surface area contributed by atoms with Gasteiger partial charge in [-0.15, -0.1) is 0 Å². The van der Waals surface area contributed by atoms with E-state index in [0.717, 1.165) is 16.7 Å². The monoisotopic (exact) mass is 273 g/mol. The molecule has 0 radical (unpaired) electrons. The summed E-state index contributed by atoms with van der Waals surface area (Å²) >= 11 is 0. The number of rotatable bonds is 5. The number of benzene rings is 2. The van der Waals surface area contributed by atoms with Gasteiger partial charge in [0.1, 0.15) is 0 Å². The molecule has 3 heteroatoms. The molecule has 2 aromatic rings. The zero-order chi connectivity index (χ0) is 13.7. The third kappa shape index (κ3) is 4.01. The normalized spacial score (nSPS) is 12.3. The number of hydrogen-bond donors (Lipinski definition) is 1. The first-order valence-corrected chi connectivity index (χ1v) is 7.85. The SMILES string of the molecule is Cc1ccccc1CS(=O)Cc1cccc(CN)c1. The van der Waals surface area contributed by atoms with Crippen LogP contribution < -0.4 is 5.73 Å². The molecule has 100 valence electrons. The second kappa shape index (κ2) is 6.64. The highest BCUT2D eigenvalue weighted by molar-refractivity contribution is 7.83. The molecule has 0 aliphatic heterocycles. The van der Waals surface area contributed by atoms with Gasteiger partial charge in [0.15, 0.2) is 0 Å². The van der Waals surface area contributed by atoms with Gasteiger partial charge in [-0.25, -0.2) is 0 Å². The molecule has 0 aromatic heterocycles. The van der Waals surface area contributed by atoms with Crippen LogP contribution in [0.3, 0.4) is 0 Å². The molecule has 2 rings (SSSR count). The van der Waals surface area contributed by atoms with Crippen molar-refractivity contribution in [1.82, 2.24) is 0 Å². The summed E-state index contributed by atoms with van der Waals surface area (Å²) in [5.41, 5.74) is 10.2. The minimum atomic E-state index is -0.883. The molecule has 0 fully saturated rings. The van der Waals surface area contributed by atoms with Gasteiger partial charge < -0.3 is 5.73 Å². The molecule has 2 aromatic carbocycles. The molecule has 0 aliphatic rings. The third-order valence-electron chi connectivity index (χ3n) is 3.13. The molecule has 0 amide bonds. The zero-order valence-electron chi connectivity index (χ0n) is 11.1. The molecule has 0 aliphatic carbocycles. The van der Waals surface area contributed by atoms with E-state index in [9.17, 15) is 4.21 Å². The molecule has 1 atom stereocenters. The van der Waals surface area contributed by atoms with Gasteiger partial charge in [-0.05, 0) is 29.2 Å². The van der Waals surface area contributed by atoms with Gasteiger partial charge >= 0.3 is 0 Å². The summed E-state index contributed by atoms with van der Waals surface area (Å²) in [6, 6.07) is 16.1. The maximum absolute atomic E-state index is 12.2.